The highest BCUT2D eigenvalue weighted by molar-refractivity contribution is 14.1. The molecule has 0 atom stereocenters. The molecule has 0 aliphatic rings. The van der Waals surface area contributed by atoms with Crippen molar-refractivity contribution in [2.45, 2.75) is 11.8 Å². The Balaban J connectivity index is 3.50. The predicted octanol–water partition coefficient (Wildman–Crippen LogP) is 2.60. The predicted molar refractivity (Wildman–Crippen MR) is 64.7 cm³/mol. The minimum atomic E-state index is -4.06. The lowest BCUT2D eigenvalue weighted by Crippen LogP contribution is -2.04. The molecular weight excluding hydrogens is 376 g/mol. The van der Waals surface area contributed by atoms with Gasteiger partial charge in [-0.3, -0.25) is 0 Å². The van der Waals surface area contributed by atoms with Gasteiger partial charge >= 0.3 is 0 Å². The average molecular weight is 381 g/mol. The van der Waals surface area contributed by atoms with Crippen molar-refractivity contribution >= 4 is 46.9 Å². The molecule has 0 radical (unpaired) electrons. The first-order valence-corrected chi connectivity index (χ1v) is 7.92. The van der Waals surface area contributed by atoms with Crippen molar-refractivity contribution in [3.05, 3.63) is 28.7 Å². The zero-order valence-electron chi connectivity index (χ0n) is 7.78. The van der Waals surface area contributed by atoms with Gasteiger partial charge in [0.25, 0.3) is 30.5 Å². The Labute approximate surface area is 106 Å². The van der Waals surface area contributed by atoms with Crippen LogP contribution in [0.1, 0.15) is 5.56 Å². The van der Waals surface area contributed by atoms with Gasteiger partial charge in [-0.15, -0.1) is 0 Å². The van der Waals surface area contributed by atoms with Crippen LogP contribution in [-0.4, -0.2) is 8.42 Å². The highest BCUT2D eigenvalue weighted by Gasteiger charge is 2.17. The summed E-state index contributed by atoms with van der Waals surface area (Å²) >= 11 is -2.16. The van der Waals surface area contributed by atoms with Crippen molar-refractivity contribution in [2.75, 3.05) is 3.28 Å². The summed E-state index contributed by atoms with van der Waals surface area (Å²) in [5.74, 6) is -0.938. The highest BCUT2D eigenvalue weighted by Crippen LogP contribution is 2.30. The zero-order valence-corrected chi connectivity index (χ0v) is 11.5. The third-order valence-electron chi connectivity index (χ3n) is 1.76. The number of benzene rings is 1. The molecule has 0 saturated heterocycles. The lowest BCUT2D eigenvalue weighted by molar-refractivity contribution is 0.606. The fraction of sp³-hybridized carbons (Fsp3) is 0.143. The van der Waals surface area contributed by atoms with Crippen molar-refractivity contribution in [1.29, 1.82) is 0 Å². The van der Waals surface area contributed by atoms with Gasteiger partial charge in [0, 0.05) is 10.7 Å². The number of hydrogen-bond donors (Lipinski definition) is 0. The maximum Gasteiger partial charge on any atom is 0.262 e. The van der Waals surface area contributed by atoms with Crippen LogP contribution in [-0.2, 0) is 12.1 Å². The molecular formula is C7H5ClFINO4S-. The first-order chi connectivity index (χ1) is 7.27. The summed E-state index contributed by atoms with van der Waals surface area (Å²) in [7, 11) is 1.03. The third-order valence-corrected chi connectivity index (χ3v) is 4.10. The van der Waals surface area contributed by atoms with E-state index in [4.69, 9.17) is 10.7 Å². The summed E-state index contributed by atoms with van der Waals surface area (Å²) in [6, 6.07) is 1.63. The second kappa shape index (κ2) is 4.90. The molecule has 0 aliphatic carbocycles. The van der Waals surface area contributed by atoms with Crippen LogP contribution in [0.3, 0.4) is 0 Å². The van der Waals surface area contributed by atoms with Crippen LogP contribution in [0.25, 0.3) is 0 Å². The van der Waals surface area contributed by atoms with Crippen LogP contribution in [0.4, 0.5) is 10.1 Å². The van der Waals surface area contributed by atoms with Crippen LogP contribution in [0.2, 0.25) is 0 Å². The standard InChI is InChI=1S/C7H5ClFINO4S/c1-4-2-5(9)6(11(13)10-12)3-7(4)16(8,14)15/h2-3H,1H3/q-1. The van der Waals surface area contributed by atoms with Gasteiger partial charge in [-0.1, -0.05) is 0 Å². The molecule has 0 amide bonds. The van der Waals surface area contributed by atoms with Crippen molar-refractivity contribution in [2.24, 2.45) is 0 Å². The van der Waals surface area contributed by atoms with Crippen LogP contribution in [0.5, 0.6) is 0 Å². The maximum atomic E-state index is 13.3. The molecule has 0 fully saturated rings. The van der Waals surface area contributed by atoms with Gasteiger partial charge in [0.15, 0.2) is 0 Å². The number of halogens is 3. The highest BCUT2D eigenvalue weighted by atomic mass is 127. The average Bonchev–Trinajstić information content (AvgIpc) is 2.14. The summed E-state index contributed by atoms with van der Waals surface area (Å²) in [6.07, 6.45) is 0. The van der Waals surface area contributed by atoms with E-state index in [0.717, 1.165) is 12.1 Å². The molecule has 90 valence electrons. The van der Waals surface area contributed by atoms with E-state index in [1.165, 1.54) is 6.92 Å². The Bertz CT molecular complexity index is 535. The van der Waals surface area contributed by atoms with E-state index in [-0.39, 0.29) is 13.7 Å². The number of hydrogen-bond acceptors (Lipinski definition) is 4. The fourth-order valence-corrected chi connectivity index (χ4v) is 2.85. The van der Waals surface area contributed by atoms with Crippen LogP contribution < -0.4 is 3.28 Å². The van der Waals surface area contributed by atoms with E-state index in [9.17, 15) is 21.1 Å². The molecule has 0 aromatic heterocycles. The van der Waals surface area contributed by atoms with E-state index in [1.807, 2.05) is 0 Å². The number of aryl methyl sites for hydroxylation is 1. The summed E-state index contributed by atoms with van der Waals surface area (Å²) in [5.41, 5.74) is -0.513. The van der Waals surface area contributed by atoms with Gasteiger partial charge in [-0.05, 0) is 24.6 Å². The van der Waals surface area contributed by atoms with E-state index in [2.05, 4.69) is 0 Å². The molecule has 0 heterocycles. The molecule has 1 rings (SSSR count). The van der Waals surface area contributed by atoms with E-state index >= 15 is 0 Å². The smallest absolute Gasteiger partial charge is 0.262 e. The number of nitrogens with zero attached hydrogens (tertiary/aromatic N) is 1. The topological polar surface area (TPSA) is 77.5 Å². The van der Waals surface area contributed by atoms with Gasteiger partial charge in [-0.2, -0.15) is 0 Å². The Morgan fingerprint density at radius 3 is 2.50 bits per heavy atom. The van der Waals surface area contributed by atoms with Crippen molar-refractivity contribution in [1.82, 2.24) is 0 Å². The molecule has 0 saturated carbocycles. The minimum absolute atomic E-state index is 0.0775. The molecule has 0 spiro atoms. The van der Waals surface area contributed by atoms with Gasteiger partial charge < -0.3 is 8.48 Å². The second-order valence-corrected chi connectivity index (χ2v) is 6.63. The van der Waals surface area contributed by atoms with Crippen LogP contribution >= 0.6 is 32.1 Å². The van der Waals surface area contributed by atoms with E-state index in [1.54, 1.807) is 0 Å². The zero-order chi connectivity index (χ0) is 12.5. The maximum absolute atomic E-state index is 13.3. The molecule has 1 aromatic carbocycles. The third kappa shape index (κ3) is 2.87. The summed E-state index contributed by atoms with van der Waals surface area (Å²) in [6.45, 7) is 1.34. The molecule has 0 N–H and O–H groups in total. The molecule has 9 heteroatoms. The van der Waals surface area contributed by atoms with Crippen molar-refractivity contribution in [3.63, 3.8) is 0 Å². The Morgan fingerprint density at radius 2 is 2.06 bits per heavy atom. The normalized spacial score (nSPS) is 11.5. The van der Waals surface area contributed by atoms with Crippen LogP contribution in [0, 0.1) is 17.9 Å². The minimum Gasteiger partial charge on any atom is -0.747 e. The lowest BCUT2D eigenvalue weighted by atomic mass is 10.2. The largest absolute Gasteiger partial charge is 0.747 e. The van der Waals surface area contributed by atoms with Gasteiger partial charge in [0.1, 0.15) is 5.82 Å². The van der Waals surface area contributed by atoms with E-state index < -0.39 is 42.0 Å². The molecule has 0 aliphatic heterocycles. The second-order valence-electron chi connectivity index (χ2n) is 2.82. The van der Waals surface area contributed by atoms with Gasteiger partial charge in [0.05, 0.1) is 10.6 Å². The molecule has 1 aromatic rings. The molecule has 0 bridgehead atoms. The van der Waals surface area contributed by atoms with Gasteiger partial charge in [0.2, 0.25) is 0 Å². The summed E-state index contributed by atoms with van der Waals surface area (Å²) < 4.78 is 45.7. The summed E-state index contributed by atoms with van der Waals surface area (Å²) in [5, 5.41) is 11.0. The Hall–Kier alpha value is -0.320. The van der Waals surface area contributed by atoms with Crippen molar-refractivity contribution in [3.8, 4) is 0 Å². The number of rotatable bonds is 3. The quantitative estimate of drug-likeness (QED) is 0.349. The lowest BCUT2D eigenvalue weighted by Gasteiger charge is -2.22. The number of anilines is 1. The fourth-order valence-electron chi connectivity index (χ4n) is 1.08. The molecule has 16 heavy (non-hydrogen) atoms. The Morgan fingerprint density at radius 1 is 1.50 bits per heavy atom. The first-order valence-electron chi connectivity index (χ1n) is 3.76. The van der Waals surface area contributed by atoms with Gasteiger partial charge in [-0.25, -0.2) is 15.9 Å². The summed E-state index contributed by atoms with van der Waals surface area (Å²) in [4.78, 5) is -0.371. The van der Waals surface area contributed by atoms with Crippen molar-refractivity contribution < 1.29 is 15.9 Å². The van der Waals surface area contributed by atoms with Crippen LogP contribution in [0.15, 0.2) is 17.0 Å². The SMILES string of the molecule is Cc1cc(F)c(N([O-])I=O)cc1S(=O)(=O)Cl. The molecule has 0 unspecified atom stereocenters. The van der Waals surface area contributed by atoms with E-state index in [0.29, 0.717) is 0 Å². The Kier molecular flexibility index (Phi) is 4.21. The first kappa shape index (κ1) is 13.7. The molecule has 5 nitrogen and oxygen atoms in total. The monoisotopic (exact) mass is 380 g/mol.